The van der Waals surface area contributed by atoms with Crippen molar-refractivity contribution >= 4 is 17.7 Å². The first-order chi connectivity index (χ1) is 10.5. The van der Waals surface area contributed by atoms with E-state index in [2.05, 4.69) is 14.9 Å². The van der Waals surface area contributed by atoms with Gasteiger partial charge in [-0.2, -0.15) is 0 Å². The van der Waals surface area contributed by atoms with Gasteiger partial charge in [-0.15, -0.1) is 0 Å². The molecule has 1 saturated heterocycles. The van der Waals surface area contributed by atoms with E-state index in [4.69, 9.17) is 4.74 Å². The molecule has 0 radical (unpaired) electrons. The number of anilines is 1. The van der Waals surface area contributed by atoms with Gasteiger partial charge in [-0.3, -0.25) is 9.59 Å². The lowest BCUT2D eigenvalue weighted by molar-refractivity contribution is -0.143. The van der Waals surface area contributed by atoms with Crippen LogP contribution in [0.25, 0.3) is 0 Å². The van der Waals surface area contributed by atoms with Gasteiger partial charge in [0.25, 0.3) is 0 Å². The number of ether oxygens (including phenoxy) is 1. The van der Waals surface area contributed by atoms with Crippen LogP contribution in [-0.4, -0.2) is 41.9 Å². The first-order valence-corrected chi connectivity index (χ1v) is 7.64. The SMILES string of the molecule is COC(=O)C1CC12CCN(c1ncc(C(C)=O)c(C)n1)CC2. The van der Waals surface area contributed by atoms with Crippen molar-refractivity contribution in [1.82, 2.24) is 9.97 Å². The number of carbonyl (C=O) groups excluding carboxylic acids is 2. The van der Waals surface area contributed by atoms with Crippen molar-refractivity contribution in [3.8, 4) is 0 Å². The van der Waals surface area contributed by atoms with Gasteiger partial charge >= 0.3 is 5.97 Å². The lowest BCUT2D eigenvalue weighted by Crippen LogP contribution is -2.37. The minimum absolute atomic E-state index is 0.0134. The molecule has 6 heteroatoms. The number of esters is 1. The van der Waals surface area contributed by atoms with Crippen molar-refractivity contribution in [3.05, 3.63) is 17.5 Å². The molecule has 0 N–H and O–H groups in total. The van der Waals surface area contributed by atoms with E-state index < -0.39 is 0 Å². The zero-order valence-electron chi connectivity index (χ0n) is 13.3. The topological polar surface area (TPSA) is 72.4 Å². The second-order valence-corrected chi connectivity index (χ2v) is 6.35. The second-order valence-electron chi connectivity index (χ2n) is 6.35. The van der Waals surface area contributed by atoms with Crippen molar-refractivity contribution in [1.29, 1.82) is 0 Å². The van der Waals surface area contributed by atoms with Gasteiger partial charge in [0.2, 0.25) is 5.95 Å². The highest BCUT2D eigenvalue weighted by Gasteiger charge is 2.59. The number of Topliss-reactive ketones (excluding diaryl/α,β-unsaturated/α-hetero) is 1. The molecule has 118 valence electrons. The number of methoxy groups -OCH3 is 1. The number of hydrogen-bond acceptors (Lipinski definition) is 6. The first-order valence-electron chi connectivity index (χ1n) is 7.64. The number of carbonyl (C=O) groups is 2. The van der Waals surface area contributed by atoms with Crippen LogP contribution in [0.2, 0.25) is 0 Å². The third kappa shape index (κ3) is 2.46. The molecule has 2 fully saturated rings. The molecule has 1 aromatic rings. The van der Waals surface area contributed by atoms with Gasteiger partial charge in [-0.1, -0.05) is 0 Å². The Bertz CT molecular complexity index is 621. The molecule has 3 rings (SSSR count). The molecular weight excluding hydrogens is 282 g/mol. The molecule has 1 saturated carbocycles. The molecule has 1 aliphatic heterocycles. The number of piperidine rings is 1. The van der Waals surface area contributed by atoms with Crippen molar-refractivity contribution in [3.63, 3.8) is 0 Å². The Balaban J connectivity index is 1.66. The van der Waals surface area contributed by atoms with Crippen molar-refractivity contribution in [2.45, 2.75) is 33.1 Å². The molecule has 0 bridgehead atoms. The Morgan fingerprint density at radius 2 is 2.05 bits per heavy atom. The molecule has 1 unspecified atom stereocenters. The third-order valence-corrected chi connectivity index (χ3v) is 5.06. The van der Waals surface area contributed by atoms with Crippen molar-refractivity contribution in [2.75, 3.05) is 25.1 Å². The van der Waals surface area contributed by atoms with Gasteiger partial charge in [0, 0.05) is 19.3 Å². The van der Waals surface area contributed by atoms with Gasteiger partial charge in [0.05, 0.1) is 24.3 Å². The van der Waals surface area contributed by atoms with Crippen LogP contribution in [0.5, 0.6) is 0 Å². The van der Waals surface area contributed by atoms with E-state index in [1.54, 1.807) is 6.20 Å². The normalized spacial score (nSPS) is 22.5. The summed E-state index contributed by atoms with van der Waals surface area (Å²) in [5, 5.41) is 0. The lowest BCUT2D eigenvalue weighted by atomic mass is 9.91. The molecule has 2 aliphatic rings. The summed E-state index contributed by atoms with van der Waals surface area (Å²) in [6.45, 7) is 5.04. The van der Waals surface area contributed by atoms with Crippen LogP contribution in [0.3, 0.4) is 0 Å². The van der Waals surface area contributed by atoms with Gasteiger partial charge in [0.15, 0.2) is 5.78 Å². The molecule has 1 aromatic heterocycles. The first kappa shape index (κ1) is 14.9. The van der Waals surface area contributed by atoms with Gasteiger partial charge in [-0.05, 0) is 38.5 Å². The maximum absolute atomic E-state index is 11.7. The minimum atomic E-state index is -0.0774. The fraction of sp³-hybridized carbons (Fsp3) is 0.625. The largest absolute Gasteiger partial charge is 0.469 e. The highest BCUT2D eigenvalue weighted by molar-refractivity contribution is 5.94. The average Bonchev–Trinajstić information content (AvgIpc) is 3.20. The van der Waals surface area contributed by atoms with Gasteiger partial charge in [-0.25, -0.2) is 9.97 Å². The van der Waals surface area contributed by atoms with Crippen LogP contribution in [-0.2, 0) is 9.53 Å². The van der Waals surface area contributed by atoms with Gasteiger partial charge in [0.1, 0.15) is 0 Å². The molecule has 6 nitrogen and oxygen atoms in total. The number of aryl methyl sites for hydroxylation is 1. The van der Waals surface area contributed by atoms with E-state index in [0.29, 0.717) is 11.5 Å². The van der Waals surface area contributed by atoms with Crippen molar-refractivity contribution in [2.24, 2.45) is 11.3 Å². The Hall–Kier alpha value is -1.98. The summed E-state index contributed by atoms with van der Waals surface area (Å²) in [5.41, 5.74) is 1.43. The Kier molecular flexibility index (Phi) is 3.62. The Morgan fingerprint density at radius 1 is 1.36 bits per heavy atom. The number of aromatic nitrogens is 2. The van der Waals surface area contributed by atoms with Crippen LogP contribution in [0.1, 0.15) is 42.2 Å². The Labute approximate surface area is 129 Å². The monoisotopic (exact) mass is 303 g/mol. The molecule has 2 heterocycles. The van der Waals surface area contributed by atoms with Crippen LogP contribution >= 0.6 is 0 Å². The summed E-state index contributed by atoms with van der Waals surface area (Å²) in [7, 11) is 1.46. The fourth-order valence-corrected chi connectivity index (χ4v) is 3.48. The summed E-state index contributed by atoms with van der Waals surface area (Å²) < 4.78 is 4.86. The molecule has 0 amide bonds. The quantitative estimate of drug-likeness (QED) is 0.626. The molecule has 1 spiro atoms. The summed E-state index contributed by atoms with van der Waals surface area (Å²) in [5.74, 6) is 0.655. The zero-order valence-corrected chi connectivity index (χ0v) is 13.3. The number of nitrogens with zero attached hydrogens (tertiary/aromatic N) is 3. The number of ketones is 1. The van der Waals surface area contributed by atoms with E-state index in [1.807, 2.05) is 6.92 Å². The summed E-state index contributed by atoms with van der Waals surface area (Å²) in [4.78, 5) is 34.0. The van der Waals surface area contributed by atoms with E-state index in [9.17, 15) is 9.59 Å². The van der Waals surface area contributed by atoms with Crippen LogP contribution in [0.15, 0.2) is 6.20 Å². The standard InChI is InChI=1S/C16H21N3O3/c1-10-12(11(2)20)9-17-15(18-10)19-6-4-16(5-7-19)8-13(16)14(21)22-3/h9,13H,4-8H2,1-3H3. The maximum Gasteiger partial charge on any atom is 0.309 e. The maximum atomic E-state index is 11.7. The van der Waals surface area contributed by atoms with E-state index in [0.717, 1.165) is 38.0 Å². The summed E-state index contributed by atoms with van der Waals surface area (Å²) in [6, 6.07) is 0. The summed E-state index contributed by atoms with van der Waals surface area (Å²) in [6.07, 6.45) is 4.47. The van der Waals surface area contributed by atoms with E-state index in [-0.39, 0.29) is 23.1 Å². The molecule has 22 heavy (non-hydrogen) atoms. The minimum Gasteiger partial charge on any atom is -0.469 e. The predicted molar refractivity (Wildman–Crippen MR) is 80.8 cm³/mol. The Morgan fingerprint density at radius 3 is 2.59 bits per heavy atom. The third-order valence-electron chi connectivity index (χ3n) is 5.06. The molecule has 1 atom stereocenters. The number of hydrogen-bond donors (Lipinski definition) is 0. The highest BCUT2D eigenvalue weighted by atomic mass is 16.5. The van der Waals surface area contributed by atoms with Crippen LogP contribution in [0, 0.1) is 18.3 Å². The van der Waals surface area contributed by atoms with Gasteiger partial charge < -0.3 is 9.64 Å². The second kappa shape index (κ2) is 5.34. The fourth-order valence-electron chi connectivity index (χ4n) is 3.48. The highest BCUT2D eigenvalue weighted by Crippen LogP contribution is 2.59. The van der Waals surface area contributed by atoms with Crippen LogP contribution in [0.4, 0.5) is 5.95 Å². The van der Waals surface area contributed by atoms with E-state index >= 15 is 0 Å². The van der Waals surface area contributed by atoms with E-state index in [1.165, 1.54) is 14.0 Å². The van der Waals surface area contributed by atoms with Crippen molar-refractivity contribution < 1.29 is 14.3 Å². The zero-order chi connectivity index (χ0) is 15.9. The molecular formula is C16H21N3O3. The molecule has 0 aromatic carbocycles. The molecule has 1 aliphatic carbocycles. The predicted octanol–water partition coefficient (Wildman–Crippen LogP) is 1.77. The lowest BCUT2D eigenvalue weighted by Gasteiger charge is -2.32. The average molecular weight is 303 g/mol. The number of rotatable bonds is 3. The van der Waals surface area contributed by atoms with Crippen LogP contribution < -0.4 is 4.90 Å². The summed E-state index contributed by atoms with van der Waals surface area (Å²) >= 11 is 0. The smallest absolute Gasteiger partial charge is 0.309 e.